The maximum Gasteiger partial charge on any atom is 0.332 e. The molecule has 0 aromatic heterocycles. The van der Waals surface area contributed by atoms with Gasteiger partial charge in [-0.15, -0.1) is 0 Å². The number of carbonyl (C=O) groups excluding carboxylic acids is 3. The van der Waals surface area contributed by atoms with Crippen LogP contribution in [-0.2, 0) is 25.6 Å². The number of hydrogen-bond donors (Lipinski definition) is 3. The van der Waals surface area contributed by atoms with Gasteiger partial charge < -0.3 is 20.0 Å². The molecule has 0 saturated carbocycles. The monoisotopic (exact) mass is 425 g/mol. The Morgan fingerprint density at radius 2 is 1.72 bits per heavy atom. The van der Waals surface area contributed by atoms with E-state index < -0.39 is 35.1 Å². The second kappa shape index (κ2) is 11.1. The summed E-state index contributed by atoms with van der Waals surface area (Å²) in [5, 5.41) is 5.22. The summed E-state index contributed by atoms with van der Waals surface area (Å²) >= 11 is -1.11. The van der Waals surface area contributed by atoms with E-state index in [1.54, 1.807) is 30.5 Å². The van der Waals surface area contributed by atoms with Gasteiger partial charge in [0.15, 0.2) is 4.90 Å². The largest absolute Gasteiger partial charge is 0.612 e. The number of anilines is 1. The number of rotatable bonds is 7. The Balaban J connectivity index is 2.65. The SMILES string of the molecule is CC(C)C[C@H](NC(=O)Nc1ccc([S+](C)[O-])cc1)C(=O)NOC(=O)CC(C)(C)C. The quantitative estimate of drug-likeness (QED) is 0.458. The summed E-state index contributed by atoms with van der Waals surface area (Å²) in [6.07, 6.45) is 2.08. The van der Waals surface area contributed by atoms with Crippen molar-refractivity contribution < 1.29 is 23.8 Å². The van der Waals surface area contributed by atoms with E-state index in [0.717, 1.165) is 0 Å². The van der Waals surface area contributed by atoms with Crippen LogP contribution in [0.2, 0.25) is 0 Å². The normalized spacial score (nSPS) is 13.4. The highest BCUT2D eigenvalue weighted by Crippen LogP contribution is 2.18. The summed E-state index contributed by atoms with van der Waals surface area (Å²) in [6, 6.07) is 5.11. The predicted octanol–water partition coefficient (Wildman–Crippen LogP) is 2.97. The Morgan fingerprint density at radius 3 is 2.21 bits per heavy atom. The lowest BCUT2D eigenvalue weighted by Crippen LogP contribution is -2.49. The molecule has 0 bridgehead atoms. The van der Waals surface area contributed by atoms with Gasteiger partial charge in [-0.25, -0.2) is 9.59 Å². The molecule has 0 aliphatic carbocycles. The third kappa shape index (κ3) is 10.2. The third-order valence-corrected chi connectivity index (χ3v) is 4.65. The zero-order chi connectivity index (χ0) is 22.2. The maximum atomic E-state index is 12.4. The molecule has 1 rings (SSSR count). The van der Waals surface area contributed by atoms with Crippen molar-refractivity contribution in [3.05, 3.63) is 24.3 Å². The van der Waals surface area contributed by atoms with Crippen LogP contribution in [0, 0.1) is 11.3 Å². The summed E-state index contributed by atoms with van der Waals surface area (Å²) in [4.78, 5) is 41.9. The first-order valence-electron chi connectivity index (χ1n) is 9.38. The Kier molecular flexibility index (Phi) is 9.45. The third-order valence-electron chi connectivity index (χ3n) is 3.71. The average molecular weight is 426 g/mol. The predicted molar refractivity (Wildman–Crippen MR) is 112 cm³/mol. The summed E-state index contributed by atoms with van der Waals surface area (Å²) in [7, 11) is 0. The molecule has 3 amide bonds. The van der Waals surface area contributed by atoms with E-state index in [1.807, 2.05) is 34.6 Å². The van der Waals surface area contributed by atoms with Gasteiger partial charge in [0.2, 0.25) is 0 Å². The van der Waals surface area contributed by atoms with E-state index >= 15 is 0 Å². The Bertz CT molecular complexity index is 699. The lowest BCUT2D eigenvalue weighted by Gasteiger charge is -2.21. The molecule has 1 aromatic rings. The molecule has 0 saturated heterocycles. The Hall–Kier alpha value is -2.26. The first kappa shape index (κ1) is 24.8. The molecule has 0 fully saturated rings. The van der Waals surface area contributed by atoms with Crippen molar-refractivity contribution in [1.29, 1.82) is 0 Å². The van der Waals surface area contributed by atoms with Gasteiger partial charge in [-0.1, -0.05) is 34.6 Å². The first-order valence-corrected chi connectivity index (χ1v) is 10.9. The Labute approximate surface area is 175 Å². The number of amides is 3. The minimum Gasteiger partial charge on any atom is -0.612 e. The lowest BCUT2D eigenvalue weighted by molar-refractivity contribution is -0.160. The topological polar surface area (TPSA) is 120 Å². The molecule has 9 heteroatoms. The van der Waals surface area contributed by atoms with Crippen molar-refractivity contribution in [2.24, 2.45) is 11.3 Å². The van der Waals surface area contributed by atoms with Gasteiger partial charge in [-0.3, -0.25) is 4.79 Å². The molecule has 1 aromatic carbocycles. The zero-order valence-corrected chi connectivity index (χ0v) is 18.6. The highest BCUT2D eigenvalue weighted by molar-refractivity contribution is 7.90. The van der Waals surface area contributed by atoms with Crippen molar-refractivity contribution >= 4 is 34.8 Å². The second-order valence-corrected chi connectivity index (χ2v) is 9.82. The molecule has 3 N–H and O–H groups in total. The number of carbonyl (C=O) groups is 3. The van der Waals surface area contributed by atoms with E-state index in [9.17, 15) is 18.9 Å². The second-order valence-electron chi connectivity index (χ2n) is 8.44. The van der Waals surface area contributed by atoms with Crippen LogP contribution in [0.4, 0.5) is 10.5 Å². The number of hydroxylamine groups is 1. The molecule has 0 aliphatic heterocycles. The number of urea groups is 1. The highest BCUT2D eigenvalue weighted by Gasteiger charge is 2.24. The molecule has 8 nitrogen and oxygen atoms in total. The van der Waals surface area contributed by atoms with E-state index in [0.29, 0.717) is 17.0 Å². The van der Waals surface area contributed by atoms with Crippen molar-refractivity contribution in [2.45, 2.75) is 58.4 Å². The van der Waals surface area contributed by atoms with Gasteiger partial charge in [0.05, 0.1) is 6.42 Å². The lowest BCUT2D eigenvalue weighted by atomic mass is 9.93. The van der Waals surface area contributed by atoms with E-state index in [1.165, 1.54) is 0 Å². The number of benzene rings is 1. The summed E-state index contributed by atoms with van der Waals surface area (Å²) in [5.41, 5.74) is 2.37. The molecule has 162 valence electrons. The highest BCUT2D eigenvalue weighted by atomic mass is 32.2. The molecule has 0 aliphatic rings. The van der Waals surface area contributed by atoms with Gasteiger partial charge in [-0.2, -0.15) is 5.48 Å². The summed E-state index contributed by atoms with van der Waals surface area (Å²) in [5.74, 6) is -1.03. The van der Waals surface area contributed by atoms with Crippen LogP contribution in [0.3, 0.4) is 0 Å². The van der Waals surface area contributed by atoms with Crippen molar-refractivity contribution in [1.82, 2.24) is 10.8 Å². The van der Waals surface area contributed by atoms with E-state index in [2.05, 4.69) is 16.1 Å². The maximum absolute atomic E-state index is 12.4. The van der Waals surface area contributed by atoms with Gasteiger partial charge in [0, 0.05) is 5.69 Å². The molecule has 0 spiro atoms. The van der Waals surface area contributed by atoms with Gasteiger partial charge in [0.25, 0.3) is 5.91 Å². The van der Waals surface area contributed by atoms with Crippen LogP contribution in [-0.4, -0.2) is 34.8 Å². The van der Waals surface area contributed by atoms with Crippen LogP contribution in [0.25, 0.3) is 0 Å². The van der Waals surface area contributed by atoms with E-state index in [4.69, 9.17) is 4.84 Å². The van der Waals surface area contributed by atoms with Crippen LogP contribution in [0.15, 0.2) is 29.2 Å². The molecular formula is C20H31N3O5S. The molecule has 0 heterocycles. The number of nitrogens with one attached hydrogen (secondary N) is 3. The van der Waals surface area contributed by atoms with E-state index in [-0.39, 0.29) is 17.8 Å². The standard InChI is InChI=1S/C20H31N3O5S/c1-13(2)11-16(18(25)23-28-17(24)12-20(3,4)5)22-19(26)21-14-7-9-15(10-8-14)29(6)27/h7-10,13,16H,11-12H2,1-6H3,(H,23,25)(H2,21,22,26)/t16-,29?/m0/s1. The molecule has 29 heavy (non-hydrogen) atoms. The first-order chi connectivity index (χ1) is 13.4. The zero-order valence-electron chi connectivity index (χ0n) is 17.8. The van der Waals surface area contributed by atoms with Crippen LogP contribution >= 0.6 is 0 Å². The fourth-order valence-electron chi connectivity index (χ4n) is 2.41. The molecule has 0 radical (unpaired) electrons. The van der Waals surface area contributed by atoms with Crippen LogP contribution in [0.5, 0.6) is 0 Å². The fourth-order valence-corrected chi connectivity index (χ4v) is 2.93. The van der Waals surface area contributed by atoms with Crippen LogP contribution in [0.1, 0.15) is 47.5 Å². The fraction of sp³-hybridized carbons (Fsp3) is 0.550. The Morgan fingerprint density at radius 1 is 1.14 bits per heavy atom. The summed E-state index contributed by atoms with van der Waals surface area (Å²) < 4.78 is 11.4. The number of hydrogen-bond acceptors (Lipinski definition) is 5. The minimum absolute atomic E-state index is 0.121. The summed E-state index contributed by atoms with van der Waals surface area (Å²) in [6.45, 7) is 9.47. The minimum atomic E-state index is -1.11. The van der Waals surface area contributed by atoms with Crippen LogP contribution < -0.4 is 16.1 Å². The molecule has 2 atom stereocenters. The van der Waals surface area contributed by atoms with Crippen molar-refractivity contribution in [3.63, 3.8) is 0 Å². The van der Waals surface area contributed by atoms with Gasteiger partial charge >= 0.3 is 12.0 Å². The van der Waals surface area contributed by atoms with Crippen molar-refractivity contribution in [2.75, 3.05) is 11.6 Å². The van der Waals surface area contributed by atoms with Gasteiger partial charge in [0.1, 0.15) is 12.3 Å². The average Bonchev–Trinajstić information content (AvgIpc) is 2.57. The molecule has 1 unspecified atom stereocenters. The molecular weight excluding hydrogens is 394 g/mol. The van der Waals surface area contributed by atoms with Crippen molar-refractivity contribution in [3.8, 4) is 0 Å². The van der Waals surface area contributed by atoms with Gasteiger partial charge in [-0.05, 0) is 53.2 Å². The smallest absolute Gasteiger partial charge is 0.332 e.